The number of aromatic amines is 1. The number of allylic oxidation sites excluding steroid dienone is 4. The van der Waals surface area contributed by atoms with Crippen molar-refractivity contribution in [3.8, 4) is 11.4 Å². The van der Waals surface area contributed by atoms with E-state index in [2.05, 4.69) is 21.5 Å². The number of pyridine rings is 1. The van der Waals surface area contributed by atoms with Crippen LogP contribution in [0.5, 0.6) is 0 Å². The normalized spacial score (nSPS) is 12.4. The largest absolute Gasteiger partial charge is 0.494 e. The van der Waals surface area contributed by atoms with E-state index in [1.807, 2.05) is 13.0 Å². The number of ether oxygens (including phenoxy) is 1. The maximum absolute atomic E-state index is 12.9. The van der Waals surface area contributed by atoms with Crippen molar-refractivity contribution in [2.75, 3.05) is 7.11 Å². The third kappa shape index (κ3) is 3.62. The summed E-state index contributed by atoms with van der Waals surface area (Å²) in [5, 5.41) is 0.331. The van der Waals surface area contributed by atoms with Crippen molar-refractivity contribution in [1.82, 2.24) is 15.0 Å². The Hall–Kier alpha value is -2.40. The highest BCUT2D eigenvalue weighted by atomic mass is 35.5. The Labute approximate surface area is 133 Å². The summed E-state index contributed by atoms with van der Waals surface area (Å²) in [4.78, 5) is 10.9. The summed E-state index contributed by atoms with van der Waals surface area (Å²) in [5.41, 5.74) is 2.07. The zero-order valence-electron chi connectivity index (χ0n) is 12.2. The number of aromatic nitrogens is 3. The highest BCUT2D eigenvalue weighted by molar-refractivity contribution is 6.31. The Balaban J connectivity index is 2.40. The van der Waals surface area contributed by atoms with Crippen LogP contribution in [0.2, 0.25) is 5.15 Å². The van der Waals surface area contributed by atoms with Crippen LogP contribution in [0.25, 0.3) is 17.1 Å². The van der Waals surface area contributed by atoms with Gasteiger partial charge in [0.2, 0.25) is 5.95 Å². The second-order valence-corrected chi connectivity index (χ2v) is 4.85. The maximum atomic E-state index is 12.9. The molecule has 0 aromatic carbocycles. The molecule has 114 valence electrons. The SMILES string of the molecule is C=C/C(C)=C\C=C(\OC)c1nc(-c2ccc(F)nc2)[nH]c1Cl. The molecule has 0 bridgehead atoms. The predicted molar refractivity (Wildman–Crippen MR) is 85.7 cm³/mol. The molecule has 22 heavy (non-hydrogen) atoms. The summed E-state index contributed by atoms with van der Waals surface area (Å²) in [6.45, 7) is 5.60. The summed E-state index contributed by atoms with van der Waals surface area (Å²) in [6, 6.07) is 2.83. The fourth-order valence-electron chi connectivity index (χ4n) is 1.69. The van der Waals surface area contributed by atoms with Crippen molar-refractivity contribution in [2.45, 2.75) is 6.92 Å². The van der Waals surface area contributed by atoms with Crippen LogP contribution in [0.1, 0.15) is 12.6 Å². The first-order valence-corrected chi connectivity index (χ1v) is 6.85. The number of hydrogen-bond acceptors (Lipinski definition) is 3. The van der Waals surface area contributed by atoms with Crippen LogP contribution >= 0.6 is 11.6 Å². The predicted octanol–water partition coefficient (Wildman–Crippen LogP) is 4.38. The molecule has 0 saturated heterocycles. The summed E-state index contributed by atoms with van der Waals surface area (Å²) in [5.74, 6) is 0.438. The van der Waals surface area contributed by atoms with Crippen LogP contribution in [0.3, 0.4) is 0 Å². The highest BCUT2D eigenvalue weighted by Crippen LogP contribution is 2.26. The van der Waals surface area contributed by atoms with Gasteiger partial charge in [0.1, 0.15) is 22.4 Å². The van der Waals surface area contributed by atoms with E-state index in [4.69, 9.17) is 16.3 Å². The lowest BCUT2D eigenvalue weighted by Gasteiger charge is -2.02. The summed E-state index contributed by atoms with van der Waals surface area (Å²) in [6.07, 6.45) is 6.71. The van der Waals surface area contributed by atoms with Gasteiger partial charge in [-0.15, -0.1) is 0 Å². The number of hydrogen-bond donors (Lipinski definition) is 1. The molecule has 2 rings (SSSR count). The Morgan fingerprint density at radius 2 is 2.18 bits per heavy atom. The molecule has 2 aromatic heterocycles. The second kappa shape index (κ2) is 7.04. The van der Waals surface area contributed by atoms with Crippen molar-refractivity contribution < 1.29 is 9.13 Å². The van der Waals surface area contributed by atoms with E-state index in [0.717, 1.165) is 5.57 Å². The third-order valence-corrected chi connectivity index (χ3v) is 3.21. The van der Waals surface area contributed by atoms with Crippen LogP contribution in [-0.2, 0) is 4.74 Å². The average molecular weight is 320 g/mol. The summed E-state index contributed by atoms with van der Waals surface area (Å²) in [7, 11) is 1.53. The molecule has 0 fully saturated rings. The molecular formula is C16H15ClFN3O. The topological polar surface area (TPSA) is 50.8 Å². The molecule has 0 spiro atoms. The molecule has 0 saturated carbocycles. The Bertz CT molecular complexity index is 732. The minimum atomic E-state index is -0.552. The molecule has 2 aromatic rings. The van der Waals surface area contributed by atoms with Crippen LogP contribution < -0.4 is 0 Å². The van der Waals surface area contributed by atoms with E-state index in [0.29, 0.717) is 28.0 Å². The van der Waals surface area contributed by atoms with E-state index in [9.17, 15) is 4.39 Å². The van der Waals surface area contributed by atoms with Gasteiger partial charge in [-0.3, -0.25) is 0 Å². The number of H-pyrrole nitrogens is 1. The number of rotatable bonds is 5. The molecule has 0 atom stereocenters. The van der Waals surface area contributed by atoms with Gasteiger partial charge in [0.15, 0.2) is 0 Å². The molecule has 0 amide bonds. The molecule has 0 aliphatic heterocycles. The fraction of sp³-hybridized carbons (Fsp3) is 0.125. The first kappa shape index (κ1) is 16.0. The minimum absolute atomic E-state index is 0.331. The third-order valence-electron chi connectivity index (χ3n) is 2.93. The van der Waals surface area contributed by atoms with E-state index < -0.39 is 5.95 Å². The molecule has 0 unspecified atom stereocenters. The monoisotopic (exact) mass is 319 g/mol. The van der Waals surface area contributed by atoms with Crippen molar-refractivity contribution in [3.05, 3.63) is 65.5 Å². The van der Waals surface area contributed by atoms with Gasteiger partial charge >= 0.3 is 0 Å². The molecule has 1 N–H and O–H groups in total. The zero-order valence-corrected chi connectivity index (χ0v) is 13.0. The molecule has 0 aliphatic carbocycles. The molecular weight excluding hydrogens is 305 g/mol. The van der Waals surface area contributed by atoms with Crippen LogP contribution in [-0.4, -0.2) is 22.1 Å². The number of nitrogens with one attached hydrogen (secondary N) is 1. The molecule has 4 nitrogen and oxygen atoms in total. The van der Waals surface area contributed by atoms with Gasteiger partial charge in [0, 0.05) is 11.8 Å². The van der Waals surface area contributed by atoms with Crippen LogP contribution in [0, 0.1) is 5.95 Å². The number of nitrogens with zero attached hydrogens (tertiary/aromatic N) is 2. The minimum Gasteiger partial charge on any atom is -0.494 e. The lowest BCUT2D eigenvalue weighted by molar-refractivity contribution is 0.368. The number of halogens is 2. The van der Waals surface area contributed by atoms with Crippen molar-refractivity contribution in [2.24, 2.45) is 0 Å². The lowest BCUT2D eigenvalue weighted by Crippen LogP contribution is -1.89. The molecule has 0 aliphatic rings. The van der Waals surface area contributed by atoms with Crippen LogP contribution in [0.15, 0.2) is 48.7 Å². The van der Waals surface area contributed by atoms with Gasteiger partial charge in [-0.2, -0.15) is 4.39 Å². The van der Waals surface area contributed by atoms with Crippen molar-refractivity contribution >= 4 is 17.4 Å². The van der Waals surface area contributed by atoms with E-state index in [1.54, 1.807) is 18.2 Å². The molecule has 2 heterocycles. The van der Waals surface area contributed by atoms with Gasteiger partial charge in [-0.05, 0) is 25.1 Å². The summed E-state index contributed by atoms with van der Waals surface area (Å²) >= 11 is 6.17. The van der Waals surface area contributed by atoms with E-state index in [1.165, 1.54) is 19.4 Å². The van der Waals surface area contributed by atoms with Gasteiger partial charge < -0.3 is 9.72 Å². The average Bonchev–Trinajstić information content (AvgIpc) is 2.90. The molecule has 6 heteroatoms. The van der Waals surface area contributed by atoms with Gasteiger partial charge in [-0.25, -0.2) is 9.97 Å². The van der Waals surface area contributed by atoms with Gasteiger partial charge in [-0.1, -0.05) is 35.9 Å². The maximum Gasteiger partial charge on any atom is 0.212 e. The smallest absolute Gasteiger partial charge is 0.212 e. The first-order chi connectivity index (χ1) is 10.5. The first-order valence-electron chi connectivity index (χ1n) is 6.48. The fourth-order valence-corrected chi connectivity index (χ4v) is 1.91. The molecule has 0 radical (unpaired) electrons. The zero-order chi connectivity index (χ0) is 16.1. The van der Waals surface area contributed by atoms with E-state index >= 15 is 0 Å². The number of methoxy groups -OCH3 is 1. The Morgan fingerprint density at radius 3 is 2.77 bits per heavy atom. The summed E-state index contributed by atoms with van der Waals surface area (Å²) < 4.78 is 18.2. The number of imidazole rings is 1. The Morgan fingerprint density at radius 1 is 1.41 bits per heavy atom. The van der Waals surface area contributed by atoms with E-state index in [-0.39, 0.29) is 0 Å². The van der Waals surface area contributed by atoms with Gasteiger partial charge in [0.05, 0.1) is 7.11 Å². The van der Waals surface area contributed by atoms with Crippen LogP contribution in [0.4, 0.5) is 4.39 Å². The van der Waals surface area contributed by atoms with Gasteiger partial charge in [0.25, 0.3) is 0 Å². The second-order valence-electron chi connectivity index (χ2n) is 4.47. The quantitative estimate of drug-likeness (QED) is 0.505. The lowest BCUT2D eigenvalue weighted by atomic mass is 10.2. The van der Waals surface area contributed by atoms with Crippen molar-refractivity contribution in [1.29, 1.82) is 0 Å². The van der Waals surface area contributed by atoms with Crippen molar-refractivity contribution in [3.63, 3.8) is 0 Å². The Kier molecular flexibility index (Phi) is 5.12. The highest BCUT2D eigenvalue weighted by Gasteiger charge is 2.14. The standard InChI is InChI=1S/C16H15ClFN3O/c1-4-10(2)5-7-12(22-3)14-15(17)21-16(20-14)11-6-8-13(18)19-9-11/h4-9H,1H2,2-3H3,(H,20,21)/b10-5-,12-7+.